The Morgan fingerprint density at radius 1 is 1.41 bits per heavy atom. The Hall–Kier alpha value is -2.43. The van der Waals surface area contributed by atoms with Crippen LogP contribution in [-0.2, 0) is 0 Å². The first-order valence-corrected chi connectivity index (χ1v) is 5.09. The van der Waals surface area contributed by atoms with Crippen LogP contribution >= 0.6 is 0 Å². The van der Waals surface area contributed by atoms with E-state index in [4.69, 9.17) is 10.5 Å². The van der Waals surface area contributed by atoms with Crippen LogP contribution in [0.5, 0.6) is 5.75 Å². The van der Waals surface area contributed by atoms with E-state index in [0.717, 1.165) is 0 Å². The van der Waals surface area contributed by atoms with Crippen molar-refractivity contribution in [3.63, 3.8) is 0 Å². The molecule has 17 heavy (non-hydrogen) atoms. The summed E-state index contributed by atoms with van der Waals surface area (Å²) in [5.41, 5.74) is 7.35. The Balaban J connectivity index is 2.16. The molecule has 4 N–H and O–H groups in total. The molecule has 1 aromatic carbocycles. The van der Waals surface area contributed by atoms with Crippen molar-refractivity contribution in [1.82, 2.24) is 4.98 Å². The van der Waals surface area contributed by atoms with Crippen LogP contribution in [-0.4, -0.2) is 18.0 Å². The molecule has 5 heteroatoms. The van der Waals surface area contributed by atoms with E-state index in [1.807, 2.05) is 0 Å². The van der Waals surface area contributed by atoms with Gasteiger partial charge in [0.05, 0.1) is 12.8 Å². The molecule has 0 saturated carbocycles. The smallest absolute Gasteiger partial charge is 0.272 e. The van der Waals surface area contributed by atoms with Crippen molar-refractivity contribution >= 4 is 17.3 Å². The minimum atomic E-state index is -0.207. The van der Waals surface area contributed by atoms with Crippen molar-refractivity contribution in [3.8, 4) is 5.75 Å². The molecule has 0 spiro atoms. The van der Waals surface area contributed by atoms with E-state index in [1.165, 1.54) is 7.11 Å². The second kappa shape index (κ2) is 4.61. The molecule has 1 amide bonds. The molecule has 0 atom stereocenters. The molecule has 0 unspecified atom stereocenters. The average molecular weight is 231 g/mol. The molecule has 2 rings (SSSR count). The molecule has 0 bridgehead atoms. The maximum Gasteiger partial charge on any atom is 0.272 e. The van der Waals surface area contributed by atoms with Gasteiger partial charge in [-0.25, -0.2) is 0 Å². The van der Waals surface area contributed by atoms with Gasteiger partial charge in [-0.3, -0.25) is 4.79 Å². The highest BCUT2D eigenvalue weighted by molar-refractivity contribution is 6.03. The van der Waals surface area contributed by atoms with Crippen LogP contribution in [0, 0.1) is 0 Å². The van der Waals surface area contributed by atoms with E-state index in [1.54, 1.807) is 36.5 Å². The van der Waals surface area contributed by atoms with E-state index in [9.17, 15) is 4.79 Å². The number of aromatic nitrogens is 1. The number of anilines is 2. The predicted molar refractivity (Wildman–Crippen MR) is 66.2 cm³/mol. The fourth-order valence-electron chi connectivity index (χ4n) is 1.46. The summed E-state index contributed by atoms with van der Waals surface area (Å²) in [6.45, 7) is 0. The summed E-state index contributed by atoms with van der Waals surface area (Å²) in [5, 5.41) is 2.74. The van der Waals surface area contributed by atoms with Gasteiger partial charge in [-0.1, -0.05) is 0 Å². The number of aromatic amines is 1. The first kappa shape index (κ1) is 11.1. The lowest BCUT2D eigenvalue weighted by atomic mass is 10.2. The number of methoxy groups -OCH3 is 1. The van der Waals surface area contributed by atoms with Crippen molar-refractivity contribution in [2.75, 3.05) is 18.2 Å². The second-order valence-corrected chi connectivity index (χ2v) is 3.49. The first-order valence-electron chi connectivity index (χ1n) is 5.09. The molecular weight excluding hydrogens is 218 g/mol. The third-order valence-electron chi connectivity index (χ3n) is 2.33. The molecule has 0 aliphatic heterocycles. The highest BCUT2D eigenvalue weighted by Gasteiger charge is 2.07. The molecule has 88 valence electrons. The molecule has 0 fully saturated rings. The van der Waals surface area contributed by atoms with Gasteiger partial charge in [0, 0.05) is 18.0 Å². The number of nitrogens with two attached hydrogens (primary N) is 1. The van der Waals surface area contributed by atoms with Crippen LogP contribution in [0.15, 0.2) is 36.5 Å². The number of H-pyrrole nitrogens is 1. The number of ether oxygens (including phenoxy) is 1. The second-order valence-electron chi connectivity index (χ2n) is 3.49. The van der Waals surface area contributed by atoms with Crippen molar-refractivity contribution in [1.29, 1.82) is 0 Å². The van der Waals surface area contributed by atoms with Crippen LogP contribution in [0.3, 0.4) is 0 Å². The molecule has 0 radical (unpaired) electrons. The Bertz CT molecular complexity index is 521. The average Bonchev–Trinajstić information content (AvgIpc) is 2.85. The number of nitrogens with one attached hydrogen (secondary N) is 2. The number of hydrogen-bond donors (Lipinski definition) is 3. The van der Waals surface area contributed by atoms with E-state index >= 15 is 0 Å². The van der Waals surface area contributed by atoms with E-state index in [-0.39, 0.29) is 5.91 Å². The summed E-state index contributed by atoms with van der Waals surface area (Å²) in [4.78, 5) is 14.6. The zero-order valence-corrected chi connectivity index (χ0v) is 9.36. The van der Waals surface area contributed by atoms with Crippen molar-refractivity contribution in [2.45, 2.75) is 0 Å². The summed E-state index contributed by atoms with van der Waals surface area (Å²) < 4.78 is 5.07. The highest BCUT2D eigenvalue weighted by atomic mass is 16.5. The first-order chi connectivity index (χ1) is 8.20. The number of benzene rings is 1. The topological polar surface area (TPSA) is 80.1 Å². The highest BCUT2D eigenvalue weighted by Crippen LogP contribution is 2.25. The fraction of sp³-hybridized carbons (Fsp3) is 0.0833. The van der Waals surface area contributed by atoms with E-state index in [0.29, 0.717) is 22.8 Å². The molecular formula is C12H13N3O2. The third-order valence-corrected chi connectivity index (χ3v) is 2.33. The molecule has 1 heterocycles. The van der Waals surface area contributed by atoms with Gasteiger partial charge in [0.1, 0.15) is 11.4 Å². The van der Waals surface area contributed by atoms with Gasteiger partial charge in [0.25, 0.3) is 5.91 Å². The van der Waals surface area contributed by atoms with Gasteiger partial charge < -0.3 is 20.8 Å². The zero-order valence-electron chi connectivity index (χ0n) is 9.36. The molecule has 0 aliphatic carbocycles. The fourth-order valence-corrected chi connectivity index (χ4v) is 1.46. The molecule has 1 aromatic heterocycles. The Labute approximate surface area is 98.6 Å². The SMILES string of the molecule is COc1cc(NC(=O)c2ccc[nH]2)ccc1N. The van der Waals surface area contributed by atoms with Crippen molar-refractivity contribution in [3.05, 3.63) is 42.2 Å². The maximum absolute atomic E-state index is 11.7. The van der Waals surface area contributed by atoms with Gasteiger partial charge in [-0.05, 0) is 24.3 Å². The number of carbonyl (C=O) groups is 1. The van der Waals surface area contributed by atoms with Crippen molar-refractivity contribution in [2.24, 2.45) is 0 Å². The largest absolute Gasteiger partial charge is 0.495 e. The zero-order chi connectivity index (χ0) is 12.3. The van der Waals surface area contributed by atoms with Crippen molar-refractivity contribution < 1.29 is 9.53 Å². The van der Waals surface area contributed by atoms with Crippen LogP contribution in [0.2, 0.25) is 0 Å². The van der Waals surface area contributed by atoms with E-state index < -0.39 is 0 Å². The van der Waals surface area contributed by atoms with E-state index in [2.05, 4.69) is 10.3 Å². The standard InChI is InChI=1S/C12H13N3O2/c1-17-11-7-8(4-5-9(11)13)15-12(16)10-3-2-6-14-10/h2-7,14H,13H2,1H3,(H,15,16). The predicted octanol–water partition coefficient (Wildman–Crippen LogP) is 1.86. The van der Waals surface area contributed by atoms with Gasteiger partial charge >= 0.3 is 0 Å². The maximum atomic E-state index is 11.7. The van der Waals surface area contributed by atoms with Gasteiger partial charge in [0.15, 0.2) is 0 Å². The number of hydrogen-bond acceptors (Lipinski definition) is 3. The summed E-state index contributed by atoms with van der Waals surface area (Å²) in [7, 11) is 1.53. The Morgan fingerprint density at radius 2 is 2.24 bits per heavy atom. The Morgan fingerprint density at radius 3 is 2.88 bits per heavy atom. The van der Waals surface area contributed by atoms with Gasteiger partial charge in [0.2, 0.25) is 0 Å². The van der Waals surface area contributed by atoms with Gasteiger partial charge in [-0.2, -0.15) is 0 Å². The summed E-state index contributed by atoms with van der Waals surface area (Å²) in [5.74, 6) is 0.330. The minimum absolute atomic E-state index is 0.207. The summed E-state index contributed by atoms with van der Waals surface area (Å²) in [6, 6.07) is 8.54. The lowest BCUT2D eigenvalue weighted by Gasteiger charge is -2.08. The monoisotopic (exact) mass is 231 g/mol. The normalized spacial score (nSPS) is 9.94. The number of amides is 1. The summed E-state index contributed by atoms with van der Waals surface area (Å²) >= 11 is 0. The van der Waals surface area contributed by atoms with Crippen LogP contribution in [0.1, 0.15) is 10.5 Å². The quantitative estimate of drug-likeness (QED) is 0.705. The van der Waals surface area contributed by atoms with Gasteiger partial charge in [-0.15, -0.1) is 0 Å². The number of nitrogen functional groups attached to an aromatic ring is 1. The molecule has 5 nitrogen and oxygen atoms in total. The van der Waals surface area contributed by atoms with Crippen LogP contribution in [0.4, 0.5) is 11.4 Å². The molecule has 2 aromatic rings. The minimum Gasteiger partial charge on any atom is -0.495 e. The summed E-state index contributed by atoms with van der Waals surface area (Å²) in [6.07, 6.45) is 1.69. The van der Waals surface area contributed by atoms with Crippen LogP contribution in [0.25, 0.3) is 0 Å². The Kier molecular flexibility index (Phi) is 3.00. The van der Waals surface area contributed by atoms with Crippen LogP contribution < -0.4 is 15.8 Å². The third kappa shape index (κ3) is 2.39. The molecule has 0 aliphatic rings. The molecule has 0 saturated heterocycles. The lowest BCUT2D eigenvalue weighted by Crippen LogP contribution is -2.12. The number of rotatable bonds is 3. The lowest BCUT2D eigenvalue weighted by molar-refractivity contribution is 0.102. The number of carbonyl (C=O) groups excluding carboxylic acids is 1.